The van der Waals surface area contributed by atoms with Crippen LogP contribution < -0.4 is 11.1 Å². The third-order valence-corrected chi connectivity index (χ3v) is 2.08. The molecule has 0 aliphatic heterocycles. The van der Waals surface area contributed by atoms with Crippen molar-refractivity contribution >= 4 is 5.91 Å². The number of rotatable bonds is 4. The first-order valence-electron chi connectivity index (χ1n) is 5.47. The summed E-state index contributed by atoms with van der Waals surface area (Å²) in [5.41, 5.74) is 0. The smallest absolute Gasteiger partial charge is 0.437 e. The first-order chi connectivity index (χ1) is 8.56. The lowest BCUT2D eigenvalue weighted by Gasteiger charge is -2.06. The van der Waals surface area contributed by atoms with Crippen LogP contribution in [0.25, 0.3) is 11.7 Å². The fourth-order valence-corrected chi connectivity index (χ4v) is 1.41. The van der Waals surface area contributed by atoms with Crippen LogP contribution in [0.5, 0.6) is 0 Å². The van der Waals surface area contributed by atoms with Crippen molar-refractivity contribution in [2.24, 2.45) is 0 Å². The molecular formula is C11H13N3O4. The van der Waals surface area contributed by atoms with Crippen LogP contribution >= 0.6 is 0 Å². The third-order valence-electron chi connectivity index (χ3n) is 2.08. The molecule has 18 heavy (non-hydrogen) atoms. The lowest BCUT2D eigenvalue weighted by Crippen LogP contribution is -2.35. The van der Waals surface area contributed by atoms with E-state index in [1.807, 2.05) is 13.8 Å². The largest absolute Gasteiger partial charge is 0.459 e. The summed E-state index contributed by atoms with van der Waals surface area (Å²) in [6, 6.07) is 3.27. The molecule has 0 spiro atoms. The van der Waals surface area contributed by atoms with Gasteiger partial charge in [-0.25, -0.2) is 4.79 Å². The molecule has 0 bridgehead atoms. The topological polar surface area (TPSA) is 90.3 Å². The second-order valence-corrected chi connectivity index (χ2v) is 4.03. The summed E-state index contributed by atoms with van der Waals surface area (Å²) in [4.78, 5) is 23.0. The van der Waals surface area contributed by atoms with Gasteiger partial charge in [-0.05, 0) is 26.0 Å². The van der Waals surface area contributed by atoms with Crippen LogP contribution in [0.3, 0.4) is 0 Å². The van der Waals surface area contributed by atoms with Crippen LogP contribution in [-0.4, -0.2) is 21.7 Å². The molecule has 2 aromatic heterocycles. The van der Waals surface area contributed by atoms with Gasteiger partial charge in [-0.2, -0.15) is 4.68 Å². The maximum atomic E-state index is 11.5. The van der Waals surface area contributed by atoms with Crippen molar-refractivity contribution in [3.05, 3.63) is 28.9 Å². The Morgan fingerprint density at radius 1 is 1.56 bits per heavy atom. The SMILES string of the molecule is CC(C)NC(=O)Cn1nc(-c2ccco2)oc1=O. The van der Waals surface area contributed by atoms with Crippen molar-refractivity contribution in [3.63, 3.8) is 0 Å². The summed E-state index contributed by atoms with van der Waals surface area (Å²) in [6.45, 7) is 3.48. The van der Waals surface area contributed by atoms with Gasteiger partial charge in [-0.1, -0.05) is 0 Å². The lowest BCUT2D eigenvalue weighted by molar-refractivity contribution is -0.122. The highest BCUT2D eigenvalue weighted by Crippen LogP contribution is 2.14. The summed E-state index contributed by atoms with van der Waals surface area (Å²) in [6.07, 6.45) is 1.44. The van der Waals surface area contributed by atoms with Gasteiger partial charge in [0.15, 0.2) is 5.76 Å². The van der Waals surface area contributed by atoms with Crippen molar-refractivity contribution in [2.45, 2.75) is 26.4 Å². The molecule has 2 aromatic rings. The van der Waals surface area contributed by atoms with Crippen molar-refractivity contribution in [1.29, 1.82) is 0 Å². The Morgan fingerprint density at radius 2 is 2.33 bits per heavy atom. The van der Waals surface area contributed by atoms with E-state index in [-0.39, 0.29) is 24.4 Å². The maximum Gasteiger partial charge on any atom is 0.437 e. The van der Waals surface area contributed by atoms with E-state index in [0.29, 0.717) is 5.76 Å². The van der Waals surface area contributed by atoms with Crippen LogP contribution in [-0.2, 0) is 11.3 Å². The minimum atomic E-state index is -0.694. The normalized spacial score (nSPS) is 10.8. The van der Waals surface area contributed by atoms with Gasteiger partial charge < -0.3 is 14.2 Å². The monoisotopic (exact) mass is 251 g/mol. The molecule has 0 fully saturated rings. The molecule has 1 N–H and O–H groups in total. The fraction of sp³-hybridized carbons (Fsp3) is 0.364. The maximum absolute atomic E-state index is 11.5. The third kappa shape index (κ3) is 2.68. The van der Waals surface area contributed by atoms with Gasteiger partial charge in [-0.3, -0.25) is 4.79 Å². The Labute approximate surface area is 102 Å². The number of amides is 1. The molecule has 0 saturated heterocycles. The number of hydrogen-bond acceptors (Lipinski definition) is 5. The highest BCUT2D eigenvalue weighted by Gasteiger charge is 2.14. The Bertz CT molecular complexity index is 580. The van der Waals surface area contributed by atoms with Crippen molar-refractivity contribution in [3.8, 4) is 11.7 Å². The zero-order valence-electron chi connectivity index (χ0n) is 10.0. The summed E-state index contributed by atoms with van der Waals surface area (Å²) < 4.78 is 10.9. The number of hydrogen-bond donors (Lipinski definition) is 1. The molecule has 96 valence electrons. The van der Waals surface area contributed by atoms with E-state index in [4.69, 9.17) is 8.83 Å². The Balaban J connectivity index is 2.15. The quantitative estimate of drug-likeness (QED) is 0.860. The standard InChI is InChI=1S/C11H13N3O4/c1-7(2)12-9(15)6-14-11(16)18-10(13-14)8-4-3-5-17-8/h3-5,7H,6H2,1-2H3,(H,12,15). The van der Waals surface area contributed by atoms with Crippen molar-refractivity contribution in [2.75, 3.05) is 0 Å². The minimum Gasteiger partial charge on any atom is -0.459 e. The van der Waals surface area contributed by atoms with Gasteiger partial charge in [-0.15, -0.1) is 5.10 Å². The zero-order valence-corrected chi connectivity index (χ0v) is 10.0. The molecular weight excluding hydrogens is 238 g/mol. The molecule has 0 aliphatic rings. The van der Waals surface area contributed by atoms with Gasteiger partial charge in [0.2, 0.25) is 5.91 Å². The van der Waals surface area contributed by atoms with E-state index in [0.717, 1.165) is 4.68 Å². The second-order valence-electron chi connectivity index (χ2n) is 4.03. The van der Waals surface area contributed by atoms with Crippen LogP contribution in [0.15, 0.2) is 32.0 Å². The Morgan fingerprint density at radius 3 is 2.94 bits per heavy atom. The average Bonchev–Trinajstić information content (AvgIpc) is 2.87. The molecule has 0 radical (unpaired) electrons. The molecule has 0 unspecified atom stereocenters. The minimum absolute atomic E-state index is 0.00430. The summed E-state index contributed by atoms with van der Waals surface area (Å²) in [5.74, 6) is -0.593. The summed E-state index contributed by atoms with van der Waals surface area (Å²) in [5, 5.41) is 6.54. The Hall–Kier alpha value is -2.31. The van der Waals surface area contributed by atoms with Crippen LogP contribution in [0.1, 0.15) is 13.8 Å². The number of nitrogens with one attached hydrogen (secondary N) is 1. The van der Waals surface area contributed by atoms with Gasteiger partial charge >= 0.3 is 5.76 Å². The van der Waals surface area contributed by atoms with Gasteiger partial charge in [0.1, 0.15) is 6.54 Å². The predicted octanol–water partition coefficient (Wildman–Crippen LogP) is 0.621. The van der Waals surface area contributed by atoms with Crippen LogP contribution in [0.2, 0.25) is 0 Å². The molecule has 0 saturated carbocycles. The van der Waals surface area contributed by atoms with Crippen LogP contribution in [0.4, 0.5) is 0 Å². The van der Waals surface area contributed by atoms with E-state index < -0.39 is 5.76 Å². The molecule has 0 aromatic carbocycles. The van der Waals surface area contributed by atoms with Crippen molar-refractivity contribution < 1.29 is 13.6 Å². The van der Waals surface area contributed by atoms with E-state index in [1.165, 1.54) is 6.26 Å². The first kappa shape index (κ1) is 12.2. The molecule has 0 atom stereocenters. The molecule has 0 aliphatic carbocycles. The molecule has 7 heteroatoms. The van der Waals surface area contributed by atoms with E-state index in [1.54, 1.807) is 12.1 Å². The van der Waals surface area contributed by atoms with E-state index >= 15 is 0 Å². The first-order valence-corrected chi connectivity index (χ1v) is 5.47. The molecule has 2 heterocycles. The highest BCUT2D eigenvalue weighted by atomic mass is 16.4. The number of carbonyl (C=O) groups is 1. The Kier molecular flexibility index (Phi) is 3.31. The average molecular weight is 251 g/mol. The number of aromatic nitrogens is 2. The molecule has 7 nitrogen and oxygen atoms in total. The fourth-order valence-electron chi connectivity index (χ4n) is 1.41. The molecule has 1 amide bonds. The summed E-state index contributed by atoms with van der Waals surface area (Å²) >= 11 is 0. The van der Waals surface area contributed by atoms with Gasteiger partial charge in [0, 0.05) is 6.04 Å². The number of furan rings is 1. The van der Waals surface area contributed by atoms with Gasteiger partial charge in [0.25, 0.3) is 5.89 Å². The van der Waals surface area contributed by atoms with E-state index in [9.17, 15) is 9.59 Å². The zero-order chi connectivity index (χ0) is 13.1. The number of nitrogens with zero attached hydrogens (tertiary/aromatic N) is 2. The van der Waals surface area contributed by atoms with Crippen molar-refractivity contribution in [1.82, 2.24) is 15.1 Å². The predicted molar refractivity (Wildman–Crippen MR) is 61.7 cm³/mol. The molecule has 2 rings (SSSR count). The second kappa shape index (κ2) is 4.91. The highest BCUT2D eigenvalue weighted by molar-refractivity contribution is 5.75. The lowest BCUT2D eigenvalue weighted by atomic mass is 10.4. The van der Waals surface area contributed by atoms with Crippen LogP contribution in [0, 0.1) is 0 Å². The van der Waals surface area contributed by atoms with Gasteiger partial charge in [0.05, 0.1) is 6.26 Å². The van der Waals surface area contributed by atoms with E-state index in [2.05, 4.69) is 10.4 Å². The summed E-state index contributed by atoms with van der Waals surface area (Å²) in [7, 11) is 0. The number of carbonyl (C=O) groups excluding carboxylic acids is 1.